The highest BCUT2D eigenvalue weighted by Gasteiger charge is 2.34. The lowest BCUT2D eigenvalue weighted by molar-refractivity contribution is -0.116. The normalized spacial score (nSPS) is 15.2. The number of benzene rings is 2. The van der Waals surface area contributed by atoms with Crippen LogP contribution in [0.5, 0.6) is 11.5 Å². The van der Waals surface area contributed by atoms with E-state index in [0.29, 0.717) is 33.8 Å². The minimum atomic E-state index is -0.479. The summed E-state index contributed by atoms with van der Waals surface area (Å²) >= 11 is 1.45. The van der Waals surface area contributed by atoms with Crippen molar-refractivity contribution >= 4 is 23.5 Å². The summed E-state index contributed by atoms with van der Waals surface area (Å²) in [5.74, 6) is 1.56. The maximum absolute atomic E-state index is 13.1. The summed E-state index contributed by atoms with van der Waals surface area (Å²) in [6.45, 7) is 0. The van der Waals surface area contributed by atoms with Crippen LogP contribution in [0, 0.1) is 0 Å². The number of aromatic nitrogens is 2. The number of nitrogens with one attached hydrogen (secondary N) is 1. The van der Waals surface area contributed by atoms with E-state index in [-0.39, 0.29) is 17.9 Å². The number of hydrogen-bond donors (Lipinski definition) is 1. The number of fused-ring (bicyclic) bond motifs is 1. The number of anilines is 1. The Labute approximate surface area is 184 Å². The first-order valence-corrected chi connectivity index (χ1v) is 10.8. The molecule has 7 nitrogen and oxygen atoms in total. The third kappa shape index (κ3) is 4.03. The van der Waals surface area contributed by atoms with E-state index in [0.717, 1.165) is 11.1 Å². The zero-order valence-electron chi connectivity index (χ0n) is 17.5. The topological polar surface area (TPSA) is 82.5 Å². The number of amides is 1. The zero-order valence-corrected chi connectivity index (χ0v) is 18.4. The van der Waals surface area contributed by atoms with Gasteiger partial charge in [0, 0.05) is 30.7 Å². The Hall–Kier alpha value is -3.26. The smallest absolute Gasteiger partial charge is 0.279 e. The summed E-state index contributed by atoms with van der Waals surface area (Å²) in [4.78, 5) is 30.1. The van der Waals surface area contributed by atoms with Crippen LogP contribution >= 0.6 is 11.8 Å². The van der Waals surface area contributed by atoms with Crippen LogP contribution < -0.4 is 20.3 Å². The molecule has 0 saturated carbocycles. The Bertz CT molecular complexity index is 1180. The highest BCUT2D eigenvalue weighted by atomic mass is 32.2. The summed E-state index contributed by atoms with van der Waals surface area (Å²) in [5.41, 5.74) is 1.96. The Morgan fingerprint density at radius 2 is 1.87 bits per heavy atom. The number of carbonyl (C=O) groups excluding carboxylic acids is 1. The molecule has 1 aliphatic heterocycles. The Morgan fingerprint density at radius 3 is 2.58 bits per heavy atom. The van der Waals surface area contributed by atoms with Crippen molar-refractivity contribution in [3.05, 3.63) is 75.6 Å². The number of carbonyl (C=O) groups is 1. The molecule has 160 valence electrons. The summed E-state index contributed by atoms with van der Waals surface area (Å²) in [6, 6.07) is 15.4. The van der Waals surface area contributed by atoms with Crippen molar-refractivity contribution in [2.75, 3.05) is 19.5 Å². The summed E-state index contributed by atoms with van der Waals surface area (Å²) in [6.07, 6.45) is 0.129. The number of methoxy groups -OCH3 is 2. The van der Waals surface area contributed by atoms with Crippen LogP contribution in [0.15, 0.2) is 58.5 Å². The molecule has 1 N–H and O–H groups in total. The van der Waals surface area contributed by atoms with Crippen molar-refractivity contribution in [3.63, 3.8) is 0 Å². The van der Waals surface area contributed by atoms with Gasteiger partial charge >= 0.3 is 0 Å². The van der Waals surface area contributed by atoms with Crippen LogP contribution in [0.3, 0.4) is 0 Å². The number of hydrogen-bond acceptors (Lipinski definition) is 6. The lowest BCUT2D eigenvalue weighted by Crippen LogP contribution is -2.33. The molecule has 0 aliphatic carbocycles. The number of ether oxygens (including phenoxy) is 2. The van der Waals surface area contributed by atoms with Crippen LogP contribution in [0.1, 0.15) is 29.0 Å². The quantitative estimate of drug-likeness (QED) is 0.469. The maximum Gasteiger partial charge on any atom is 0.279 e. The van der Waals surface area contributed by atoms with E-state index in [1.165, 1.54) is 11.8 Å². The molecule has 0 spiro atoms. The van der Waals surface area contributed by atoms with Gasteiger partial charge in [-0.15, -0.1) is 0 Å². The molecule has 3 aromatic rings. The maximum atomic E-state index is 13.1. The molecule has 1 unspecified atom stereocenters. The highest BCUT2D eigenvalue weighted by molar-refractivity contribution is 7.98. The lowest BCUT2D eigenvalue weighted by atomic mass is 9.86. The van der Waals surface area contributed by atoms with Gasteiger partial charge in [0.1, 0.15) is 5.82 Å². The molecule has 2 aromatic carbocycles. The second-order valence-corrected chi connectivity index (χ2v) is 8.13. The lowest BCUT2D eigenvalue weighted by Gasteiger charge is -2.28. The van der Waals surface area contributed by atoms with Crippen molar-refractivity contribution in [1.82, 2.24) is 9.55 Å². The average Bonchev–Trinajstić information content (AvgIpc) is 2.79. The zero-order chi connectivity index (χ0) is 22.0. The van der Waals surface area contributed by atoms with Crippen LogP contribution in [-0.4, -0.2) is 29.7 Å². The third-order valence-corrected chi connectivity index (χ3v) is 6.42. The molecule has 0 radical (unpaired) electrons. The van der Waals surface area contributed by atoms with Gasteiger partial charge in [0.15, 0.2) is 16.7 Å². The molecule has 1 atom stereocenters. The van der Waals surface area contributed by atoms with Crippen LogP contribution in [0.2, 0.25) is 0 Å². The van der Waals surface area contributed by atoms with Crippen molar-refractivity contribution in [3.8, 4) is 11.5 Å². The fourth-order valence-electron chi connectivity index (χ4n) is 3.84. The second-order valence-electron chi connectivity index (χ2n) is 7.18. The van der Waals surface area contributed by atoms with Gasteiger partial charge in [0.25, 0.3) is 5.56 Å². The first-order valence-electron chi connectivity index (χ1n) is 9.81. The molecule has 0 bridgehead atoms. The van der Waals surface area contributed by atoms with E-state index in [9.17, 15) is 9.59 Å². The molecule has 1 aliphatic rings. The number of para-hydroxylation sites is 1. The van der Waals surface area contributed by atoms with Gasteiger partial charge < -0.3 is 19.4 Å². The molecule has 1 amide bonds. The number of rotatable bonds is 6. The largest absolute Gasteiger partial charge is 0.493 e. The average molecular weight is 438 g/mol. The summed E-state index contributed by atoms with van der Waals surface area (Å²) in [5, 5.41) is 3.42. The first-order chi connectivity index (χ1) is 15.0. The Kier molecular flexibility index (Phi) is 5.99. The van der Waals surface area contributed by atoms with E-state index < -0.39 is 5.92 Å². The summed E-state index contributed by atoms with van der Waals surface area (Å²) < 4.78 is 12.7. The van der Waals surface area contributed by atoms with E-state index >= 15 is 0 Å². The van der Waals surface area contributed by atoms with E-state index in [2.05, 4.69) is 10.3 Å². The predicted molar refractivity (Wildman–Crippen MR) is 120 cm³/mol. The van der Waals surface area contributed by atoms with Crippen LogP contribution in [-0.2, 0) is 17.6 Å². The number of nitrogens with zero attached hydrogens (tertiary/aromatic N) is 2. The first kappa shape index (κ1) is 21.0. The standard InChI is InChI=1S/C23H23N3O4S/c1-26-21-19(22(28)25-23(26)31-13-14-8-5-4-6-9-14)16(12-18(27)24-21)15-10-7-11-17(29-2)20(15)30-3/h4-11,16H,12-13H2,1-3H3,(H,24,27). The van der Waals surface area contributed by atoms with Crippen molar-refractivity contribution in [1.29, 1.82) is 0 Å². The minimum Gasteiger partial charge on any atom is -0.493 e. The van der Waals surface area contributed by atoms with E-state index in [1.807, 2.05) is 49.5 Å². The highest BCUT2D eigenvalue weighted by Crippen LogP contribution is 2.43. The van der Waals surface area contributed by atoms with E-state index in [1.54, 1.807) is 24.9 Å². The third-order valence-electron chi connectivity index (χ3n) is 5.32. The van der Waals surface area contributed by atoms with E-state index in [4.69, 9.17) is 9.47 Å². The van der Waals surface area contributed by atoms with Gasteiger partial charge in [-0.3, -0.25) is 9.59 Å². The van der Waals surface area contributed by atoms with Crippen molar-refractivity contribution in [2.24, 2.45) is 7.05 Å². The molecule has 4 rings (SSSR count). The van der Waals surface area contributed by atoms with Crippen LogP contribution in [0.4, 0.5) is 5.82 Å². The molecule has 31 heavy (non-hydrogen) atoms. The van der Waals surface area contributed by atoms with Gasteiger partial charge in [0.05, 0.1) is 19.8 Å². The molecule has 8 heteroatoms. The SMILES string of the molecule is COc1cccc(C2CC(=O)Nc3c2c(=O)nc(SCc2ccccc2)n3C)c1OC. The molecular weight excluding hydrogens is 414 g/mol. The minimum absolute atomic E-state index is 0.129. The number of thioether (sulfide) groups is 1. The predicted octanol–water partition coefficient (Wildman–Crippen LogP) is 3.56. The second kappa shape index (κ2) is 8.85. The van der Waals surface area contributed by atoms with Gasteiger partial charge in [-0.25, -0.2) is 0 Å². The van der Waals surface area contributed by atoms with Gasteiger partial charge in [-0.1, -0.05) is 54.2 Å². The summed E-state index contributed by atoms with van der Waals surface area (Å²) in [7, 11) is 4.91. The van der Waals surface area contributed by atoms with Crippen molar-refractivity contribution < 1.29 is 14.3 Å². The fourth-order valence-corrected chi connectivity index (χ4v) is 4.76. The van der Waals surface area contributed by atoms with Gasteiger partial charge in [-0.2, -0.15) is 4.98 Å². The molecule has 2 heterocycles. The molecular formula is C23H23N3O4S. The van der Waals surface area contributed by atoms with Gasteiger partial charge in [0.2, 0.25) is 5.91 Å². The fraction of sp³-hybridized carbons (Fsp3) is 0.261. The molecule has 1 aromatic heterocycles. The Balaban J connectivity index is 1.78. The molecule has 0 saturated heterocycles. The molecule has 0 fully saturated rings. The van der Waals surface area contributed by atoms with Gasteiger partial charge in [-0.05, 0) is 11.6 Å². The van der Waals surface area contributed by atoms with Crippen LogP contribution in [0.25, 0.3) is 0 Å². The Morgan fingerprint density at radius 1 is 1.10 bits per heavy atom. The monoisotopic (exact) mass is 437 g/mol. The van der Waals surface area contributed by atoms with Crippen molar-refractivity contribution in [2.45, 2.75) is 23.2 Å².